The Kier molecular flexibility index (Phi) is 5.21. The Morgan fingerprint density at radius 1 is 1.29 bits per heavy atom. The van der Waals surface area contributed by atoms with Crippen LogP contribution in [0.25, 0.3) is 11.4 Å². The Balaban J connectivity index is 1.40. The number of rotatable bonds is 5. The fraction of sp³-hybridized carbons (Fsp3) is 0.300. The van der Waals surface area contributed by atoms with E-state index in [4.69, 9.17) is 0 Å². The first-order chi connectivity index (χ1) is 13.6. The van der Waals surface area contributed by atoms with Gasteiger partial charge in [0, 0.05) is 22.7 Å². The number of carbonyl (C=O) groups is 2. The standard InChI is InChI=1S/C20H21N5O2S/c1-13-21-19(24-23-13)14-6-8-15(9-7-14)22-20(27)17-5-2-10-25(17)18(26)12-16-4-3-11-28-16/h3-4,6-9,11,17H,2,5,10,12H2,1H3,(H,22,27)(H,21,23,24). The number of H-pyrrole nitrogens is 1. The summed E-state index contributed by atoms with van der Waals surface area (Å²) in [6.45, 7) is 2.48. The highest BCUT2D eigenvalue weighted by Crippen LogP contribution is 2.23. The van der Waals surface area contributed by atoms with Gasteiger partial charge in [-0.2, -0.15) is 5.10 Å². The number of aromatic amines is 1. The predicted octanol–water partition coefficient (Wildman–Crippen LogP) is 3.01. The highest BCUT2D eigenvalue weighted by atomic mass is 32.1. The van der Waals surface area contributed by atoms with Crippen LogP contribution in [-0.2, 0) is 16.0 Å². The van der Waals surface area contributed by atoms with Gasteiger partial charge in [0.2, 0.25) is 11.8 Å². The number of thiophene rings is 1. The largest absolute Gasteiger partial charge is 0.330 e. The molecule has 0 saturated carbocycles. The van der Waals surface area contributed by atoms with Crippen LogP contribution in [0, 0.1) is 6.92 Å². The molecule has 1 saturated heterocycles. The van der Waals surface area contributed by atoms with Crippen LogP contribution in [-0.4, -0.2) is 44.5 Å². The Morgan fingerprint density at radius 2 is 2.11 bits per heavy atom. The second-order valence-electron chi connectivity index (χ2n) is 6.81. The first-order valence-electron chi connectivity index (χ1n) is 9.22. The third-order valence-electron chi connectivity index (χ3n) is 4.79. The second kappa shape index (κ2) is 7.93. The minimum Gasteiger partial charge on any atom is -0.330 e. The summed E-state index contributed by atoms with van der Waals surface area (Å²) in [4.78, 5) is 32.4. The van der Waals surface area contributed by atoms with Crippen molar-refractivity contribution in [1.82, 2.24) is 20.1 Å². The van der Waals surface area contributed by atoms with E-state index in [1.54, 1.807) is 16.2 Å². The molecule has 1 aliphatic rings. The van der Waals surface area contributed by atoms with Crippen LogP contribution in [0.5, 0.6) is 0 Å². The highest BCUT2D eigenvalue weighted by molar-refractivity contribution is 7.10. The monoisotopic (exact) mass is 395 g/mol. The van der Waals surface area contributed by atoms with Gasteiger partial charge in [-0.25, -0.2) is 4.98 Å². The molecular weight excluding hydrogens is 374 g/mol. The Hall–Kier alpha value is -3.00. The molecule has 1 fully saturated rings. The third-order valence-corrected chi connectivity index (χ3v) is 5.67. The summed E-state index contributed by atoms with van der Waals surface area (Å²) in [7, 11) is 0. The number of aromatic nitrogens is 3. The molecule has 0 spiro atoms. The summed E-state index contributed by atoms with van der Waals surface area (Å²) in [5.74, 6) is 1.24. The SMILES string of the molecule is Cc1nc(-c2ccc(NC(=O)C3CCCN3C(=O)Cc3cccs3)cc2)n[nH]1. The molecule has 7 nitrogen and oxygen atoms in total. The van der Waals surface area contributed by atoms with E-state index in [1.807, 2.05) is 48.7 Å². The van der Waals surface area contributed by atoms with Gasteiger partial charge in [0.1, 0.15) is 11.9 Å². The molecule has 0 radical (unpaired) electrons. The molecular formula is C20H21N5O2S. The maximum atomic E-state index is 12.8. The fourth-order valence-corrected chi connectivity index (χ4v) is 4.10. The summed E-state index contributed by atoms with van der Waals surface area (Å²) < 4.78 is 0. The zero-order valence-electron chi connectivity index (χ0n) is 15.5. The highest BCUT2D eigenvalue weighted by Gasteiger charge is 2.34. The van der Waals surface area contributed by atoms with Crippen molar-refractivity contribution in [2.75, 3.05) is 11.9 Å². The number of hydrogen-bond donors (Lipinski definition) is 2. The van der Waals surface area contributed by atoms with Crippen molar-refractivity contribution in [3.63, 3.8) is 0 Å². The Morgan fingerprint density at radius 3 is 2.79 bits per heavy atom. The zero-order chi connectivity index (χ0) is 19.5. The van der Waals surface area contributed by atoms with Gasteiger partial charge in [-0.05, 0) is 55.5 Å². The van der Waals surface area contributed by atoms with Crippen molar-refractivity contribution < 1.29 is 9.59 Å². The van der Waals surface area contributed by atoms with Gasteiger partial charge in [-0.3, -0.25) is 14.7 Å². The lowest BCUT2D eigenvalue weighted by atomic mass is 10.1. The van der Waals surface area contributed by atoms with Gasteiger partial charge in [-0.15, -0.1) is 11.3 Å². The molecule has 2 aromatic heterocycles. The molecule has 1 atom stereocenters. The van der Waals surface area contributed by atoms with Gasteiger partial charge in [-0.1, -0.05) is 6.07 Å². The van der Waals surface area contributed by atoms with Crippen LogP contribution in [0.3, 0.4) is 0 Å². The van der Waals surface area contributed by atoms with Gasteiger partial charge >= 0.3 is 0 Å². The number of nitrogens with one attached hydrogen (secondary N) is 2. The van der Waals surface area contributed by atoms with Crippen LogP contribution < -0.4 is 5.32 Å². The topological polar surface area (TPSA) is 91.0 Å². The third kappa shape index (κ3) is 3.96. The molecule has 3 heterocycles. The maximum Gasteiger partial charge on any atom is 0.247 e. The molecule has 4 rings (SSSR count). The number of benzene rings is 1. The number of likely N-dealkylation sites (tertiary alicyclic amines) is 1. The second-order valence-corrected chi connectivity index (χ2v) is 7.84. The van der Waals surface area contributed by atoms with Crippen molar-refractivity contribution in [3.05, 3.63) is 52.5 Å². The fourth-order valence-electron chi connectivity index (χ4n) is 3.40. The molecule has 1 aromatic carbocycles. The average Bonchev–Trinajstić information content (AvgIpc) is 3.43. The number of anilines is 1. The van der Waals surface area contributed by atoms with E-state index < -0.39 is 6.04 Å². The Bertz CT molecular complexity index is 965. The van der Waals surface area contributed by atoms with E-state index in [2.05, 4.69) is 20.5 Å². The van der Waals surface area contributed by atoms with E-state index in [0.717, 1.165) is 22.7 Å². The number of aryl methyl sites for hydroxylation is 1. The lowest BCUT2D eigenvalue weighted by molar-refractivity contribution is -0.136. The van der Waals surface area contributed by atoms with Crippen molar-refractivity contribution in [2.45, 2.75) is 32.2 Å². The van der Waals surface area contributed by atoms with Crippen molar-refractivity contribution >= 4 is 28.8 Å². The normalized spacial score (nSPS) is 16.3. The van der Waals surface area contributed by atoms with Crippen LogP contribution >= 0.6 is 11.3 Å². The lowest BCUT2D eigenvalue weighted by Gasteiger charge is -2.24. The van der Waals surface area contributed by atoms with Gasteiger partial charge < -0.3 is 10.2 Å². The van der Waals surface area contributed by atoms with Crippen LogP contribution in [0.2, 0.25) is 0 Å². The van der Waals surface area contributed by atoms with Crippen LogP contribution in [0.1, 0.15) is 23.5 Å². The average molecular weight is 395 g/mol. The number of amides is 2. The van der Waals surface area contributed by atoms with Crippen molar-refractivity contribution in [3.8, 4) is 11.4 Å². The number of hydrogen-bond acceptors (Lipinski definition) is 5. The predicted molar refractivity (Wildman–Crippen MR) is 108 cm³/mol. The van der Waals surface area contributed by atoms with Crippen molar-refractivity contribution in [2.24, 2.45) is 0 Å². The van der Waals surface area contributed by atoms with Gasteiger partial charge in [0.15, 0.2) is 5.82 Å². The summed E-state index contributed by atoms with van der Waals surface area (Å²) in [5, 5.41) is 11.8. The molecule has 1 unspecified atom stereocenters. The minimum atomic E-state index is -0.414. The number of nitrogens with zero attached hydrogens (tertiary/aromatic N) is 3. The van der Waals surface area contributed by atoms with E-state index in [1.165, 1.54) is 0 Å². The molecule has 8 heteroatoms. The van der Waals surface area contributed by atoms with Gasteiger partial charge in [0.05, 0.1) is 6.42 Å². The first-order valence-corrected chi connectivity index (χ1v) is 10.1. The summed E-state index contributed by atoms with van der Waals surface area (Å²) >= 11 is 1.56. The zero-order valence-corrected chi connectivity index (χ0v) is 16.3. The van der Waals surface area contributed by atoms with E-state index in [9.17, 15) is 9.59 Å². The quantitative estimate of drug-likeness (QED) is 0.695. The van der Waals surface area contributed by atoms with Crippen LogP contribution in [0.4, 0.5) is 5.69 Å². The summed E-state index contributed by atoms with van der Waals surface area (Å²) in [6, 6.07) is 10.9. The Labute approximate surface area is 166 Å². The molecule has 0 aliphatic carbocycles. The van der Waals surface area contributed by atoms with Crippen LogP contribution in [0.15, 0.2) is 41.8 Å². The van der Waals surface area contributed by atoms with E-state index >= 15 is 0 Å². The molecule has 2 amide bonds. The molecule has 144 valence electrons. The molecule has 2 N–H and O–H groups in total. The van der Waals surface area contributed by atoms with Crippen molar-refractivity contribution in [1.29, 1.82) is 0 Å². The maximum absolute atomic E-state index is 12.8. The summed E-state index contributed by atoms with van der Waals surface area (Å²) in [6.07, 6.45) is 1.89. The molecule has 28 heavy (non-hydrogen) atoms. The lowest BCUT2D eigenvalue weighted by Crippen LogP contribution is -2.43. The smallest absolute Gasteiger partial charge is 0.247 e. The molecule has 0 bridgehead atoms. The van der Waals surface area contributed by atoms with Gasteiger partial charge in [0.25, 0.3) is 0 Å². The van der Waals surface area contributed by atoms with E-state index in [-0.39, 0.29) is 11.8 Å². The van der Waals surface area contributed by atoms with E-state index in [0.29, 0.717) is 30.9 Å². The first kappa shape index (κ1) is 18.4. The minimum absolute atomic E-state index is 0.00965. The molecule has 3 aromatic rings. The number of carbonyl (C=O) groups excluding carboxylic acids is 2. The molecule has 1 aliphatic heterocycles. The summed E-state index contributed by atoms with van der Waals surface area (Å²) in [5.41, 5.74) is 1.56.